The highest BCUT2D eigenvalue weighted by molar-refractivity contribution is 9.11. The predicted octanol–water partition coefficient (Wildman–Crippen LogP) is 4.66. The van der Waals surface area contributed by atoms with Gasteiger partial charge in [-0.1, -0.05) is 26.2 Å². The zero-order valence-electron chi connectivity index (χ0n) is 9.77. The lowest BCUT2D eigenvalue weighted by Crippen LogP contribution is -2.16. The molecule has 0 aliphatic heterocycles. The Morgan fingerprint density at radius 1 is 1.47 bits per heavy atom. The molecule has 1 unspecified atom stereocenters. The molecule has 86 valence electrons. The molecule has 1 aromatic rings. The van der Waals surface area contributed by atoms with Gasteiger partial charge in [0.1, 0.15) is 0 Å². The van der Waals surface area contributed by atoms with Crippen LogP contribution in [0.5, 0.6) is 0 Å². The highest BCUT2D eigenvalue weighted by atomic mass is 79.9. The van der Waals surface area contributed by atoms with Crippen LogP contribution in [0.3, 0.4) is 0 Å². The fourth-order valence-corrected chi connectivity index (χ4v) is 3.63. The second-order valence-corrected chi connectivity index (χ2v) is 6.53. The minimum atomic E-state index is 0.527. The molecule has 0 aliphatic carbocycles. The van der Waals surface area contributed by atoms with Gasteiger partial charge in [0.2, 0.25) is 0 Å². The van der Waals surface area contributed by atoms with Gasteiger partial charge >= 0.3 is 0 Å². The minimum Gasteiger partial charge on any atom is -0.313 e. The van der Waals surface area contributed by atoms with Crippen LogP contribution in [-0.2, 0) is 0 Å². The summed E-state index contributed by atoms with van der Waals surface area (Å²) < 4.78 is 1.24. The topological polar surface area (TPSA) is 12.0 Å². The average Bonchev–Trinajstić information content (AvgIpc) is 2.53. The van der Waals surface area contributed by atoms with Crippen molar-refractivity contribution in [3.63, 3.8) is 0 Å². The smallest absolute Gasteiger partial charge is 0.0704 e. The second-order valence-electron chi connectivity index (χ2n) is 3.90. The summed E-state index contributed by atoms with van der Waals surface area (Å²) in [6, 6.07) is 2.78. The number of aryl methyl sites for hydroxylation is 1. The van der Waals surface area contributed by atoms with Gasteiger partial charge in [-0.2, -0.15) is 0 Å². The summed E-state index contributed by atoms with van der Waals surface area (Å²) in [6.45, 7) is 4.45. The Morgan fingerprint density at radius 3 is 2.67 bits per heavy atom. The summed E-state index contributed by atoms with van der Waals surface area (Å²) in [5.74, 6) is 0. The van der Waals surface area contributed by atoms with E-state index in [-0.39, 0.29) is 0 Å². The first-order valence-corrected chi connectivity index (χ1v) is 7.23. The van der Waals surface area contributed by atoms with E-state index >= 15 is 0 Å². The number of thiophene rings is 1. The first-order valence-electron chi connectivity index (χ1n) is 5.62. The van der Waals surface area contributed by atoms with E-state index in [1.165, 1.54) is 39.9 Å². The van der Waals surface area contributed by atoms with E-state index in [0.29, 0.717) is 6.04 Å². The molecule has 1 aromatic heterocycles. The highest BCUT2D eigenvalue weighted by Gasteiger charge is 2.13. The molecule has 0 saturated carbocycles. The predicted molar refractivity (Wildman–Crippen MR) is 72.7 cm³/mol. The van der Waals surface area contributed by atoms with Crippen molar-refractivity contribution in [3.05, 3.63) is 20.3 Å². The lowest BCUT2D eigenvalue weighted by Gasteiger charge is -2.15. The molecule has 0 spiro atoms. The Kier molecular flexibility index (Phi) is 5.87. The third-order valence-corrected chi connectivity index (χ3v) is 4.32. The van der Waals surface area contributed by atoms with Gasteiger partial charge < -0.3 is 5.32 Å². The summed E-state index contributed by atoms with van der Waals surface area (Å²) >= 11 is 5.38. The summed E-state index contributed by atoms with van der Waals surface area (Å²) in [7, 11) is 2.06. The first-order chi connectivity index (χ1) is 7.19. The van der Waals surface area contributed by atoms with Crippen molar-refractivity contribution in [3.8, 4) is 0 Å². The molecular formula is C12H20BrNS. The van der Waals surface area contributed by atoms with Gasteiger partial charge in [0, 0.05) is 10.9 Å². The molecule has 0 aliphatic rings. The van der Waals surface area contributed by atoms with E-state index < -0.39 is 0 Å². The normalized spacial score (nSPS) is 13.1. The lowest BCUT2D eigenvalue weighted by atomic mass is 10.0. The molecule has 3 heteroatoms. The standard InChI is InChI=1S/C12H20BrNS/c1-4-5-6-7-11(14-3)10-8-12(13)15-9(10)2/h8,11,14H,4-7H2,1-3H3. The lowest BCUT2D eigenvalue weighted by molar-refractivity contribution is 0.511. The maximum atomic E-state index is 3.55. The summed E-state index contributed by atoms with van der Waals surface area (Å²) in [5.41, 5.74) is 1.46. The van der Waals surface area contributed by atoms with E-state index in [9.17, 15) is 0 Å². The molecule has 1 atom stereocenters. The third kappa shape index (κ3) is 3.89. The molecule has 0 aromatic carbocycles. The molecule has 0 radical (unpaired) electrons. The minimum absolute atomic E-state index is 0.527. The maximum Gasteiger partial charge on any atom is 0.0704 e. The van der Waals surface area contributed by atoms with Gasteiger partial charge in [0.15, 0.2) is 0 Å². The molecule has 1 heterocycles. The van der Waals surface area contributed by atoms with E-state index in [2.05, 4.69) is 48.2 Å². The average molecular weight is 290 g/mol. The summed E-state index contributed by atoms with van der Waals surface area (Å²) in [5, 5.41) is 3.42. The Bertz CT molecular complexity index is 296. The summed E-state index contributed by atoms with van der Waals surface area (Å²) in [4.78, 5) is 1.43. The van der Waals surface area contributed by atoms with Gasteiger partial charge in [-0.25, -0.2) is 0 Å². The zero-order valence-corrected chi connectivity index (χ0v) is 12.2. The Morgan fingerprint density at radius 2 is 2.20 bits per heavy atom. The van der Waals surface area contributed by atoms with Crippen LogP contribution in [0, 0.1) is 6.92 Å². The van der Waals surface area contributed by atoms with Crippen molar-refractivity contribution in [2.24, 2.45) is 0 Å². The number of rotatable bonds is 6. The van der Waals surface area contributed by atoms with Crippen molar-refractivity contribution >= 4 is 27.3 Å². The fraction of sp³-hybridized carbons (Fsp3) is 0.667. The largest absolute Gasteiger partial charge is 0.313 e. The van der Waals surface area contributed by atoms with Crippen LogP contribution in [0.1, 0.15) is 49.1 Å². The SMILES string of the molecule is CCCCCC(NC)c1cc(Br)sc1C. The molecule has 1 rings (SSSR count). The van der Waals surface area contributed by atoms with Crippen molar-refractivity contribution in [2.75, 3.05) is 7.05 Å². The Balaban J connectivity index is 2.61. The van der Waals surface area contributed by atoms with Gasteiger partial charge in [-0.3, -0.25) is 0 Å². The van der Waals surface area contributed by atoms with Crippen LogP contribution < -0.4 is 5.32 Å². The number of hydrogen-bond acceptors (Lipinski definition) is 2. The molecule has 1 nitrogen and oxygen atoms in total. The number of nitrogens with one attached hydrogen (secondary N) is 1. The number of halogens is 1. The van der Waals surface area contributed by atoms with Gasteiger partial charge in [-0.05, 0) is 48.0 Å². The van der Waals surface area contributed by atoms with Crippen LogP contribution in [0.25, 0.3) is 0 Å². The molecule has 0 bridgehead atoms. The number of hydrogen-bond donors (Lipinski definition) is 1. The van der Waals surface area contributed by atoms with Crippen molar-refractivity contribution in [1.82, 2.24) is 5.32 Å². The second kappa shape index (κ2) is 6.66. The van der Waals surface area contributed by atoms with E-state index in [1.54, 1.807) is 0 Å². The first kappa shape index (κ1) is 13.2. The van der Waals surface area contributed by atoms with E-state index in [1.807, 2.05) is 11.3 Å². The molecule has 1 N–H and O–H groups in total. The van der Waals surface area contributed by atoms with Gasteiger partial charge in [0.05, 0.1) is 3.79 Å². The van der Waals surface area contributed by atoms with Crippen molar-refractivity contribution < 1.29 is 0 Å². The van der Waals surface area contributed by atoms with Gasteiger partial charge in [0.25, 0.3) is 0 Å². The third-order valence-electron chi connectivity index (χ3n) is 2.75. The fourth-order valence-electron chi connectivity index (χ4n) is 1.86. The number of unbranched alkanes of at least 4 members (excludes halogenated alkanes) is 2. The van der Waals surface area contributed by atoms with Crippen LogP contribution >= 0.6 is 27.3 Å². The summed E-state index contributed by atoms with van der Waals surface area (Å²) in [6.07, 6.45) is 5.19. The molecular weight excluding hydrogens is 270 g/mol. The molecule has 15 heavy (non-hydrogen) atoms. The maximum absolute atomic E-state index is 3.55. The van der Waals surface area contributed by atoms with Crippen molar-refractivity contribution in [1.29, 1.82) is 0 Å². The Labute approximate surface area is 105 Å². The molecule has 0 amide bonds. The van der Waals surface area contributed by atoms with Crippen LogP contribution in [0.2, 0.25) is 0 Å². The molecule has 0 saturated heterocycles. The van der Waals surface area contributed by atoms with Crippen LogP contribution in [0.15, 0.2) is 9.85 Å². The van der Waals surface area contributed by atoms with Crippen LogP contribution in [0.4, 0.5) is 0 Å². The van der Waals surface area contributed by atoms with Gasteiger partial charge in [-0.15, -0.1) is 11.3 Å². The van der Waals surface area contributed by atoms with Crippen LogP contribution in [-0.4, -0.2) is 7.05 Å². The monoisotopic (exact) mass is 289 g/mol. The zero-order chi connectivity index (χ0) is 11.3. The molecule has 0 fully saturated rings. The van der Waals surface area contributed by atoms with Crippen molar-refractivity contribution in [2.45, 2.75) is 45.6 Å². The quantitative estimate of drug-likeness (QED) is 0.751. The van der Waals surface area contributed by atoms with E-state index in [0.717, 1.165) is 0 Å². The Hall–Kier alpha value is 0.140. The highest BCUT2D eigenvalue weighted by Crippen LogP contribution is 2.32. The van der Waals surface area contributed by atoms with E-state index in [4.69, 9.17) is 0 Å².